The molecule has 0 saturated heterocycles. The van der Waals surface area contributed by atoms with Gasteiger partial charge < -0.3 is 4.57 Å². The maximum absolute atomic E-state index is 2.53. The highest BCUT2D eigenvalue weighted by Gasteiger charge is 2.33. The van der Waals surface area contributed by atoms with Gasteiger partial charge in [0, 0.05) is 26.3 Å². The second-order valence-corrected chi connectivity index (χ2v) is 23.1. The van der Waals surface area contributed by atoms with E-state index in [4.69, 9.17) is 0 Å². The van der Waals surface area contributed by atoms with Gasteiger partial charge in [-0.1, -0.05) is 190 Å². The van der Waals surface area contributed by atoms with Crippen molar-refractivity contribution in [3.05, 3.63) is 237 Å². The lowest BCUT2D eigenvalue weighted by Gasteiger charge is -2.29. The van der Waals surface area contributed by atoms with E-state index in [1.165, 1.54) is 146 Å². The molecule has 72 heavy (non-hydrogen) atoms. The standard InChI is InChI=1S/C68H45NS.C2H6/c1-70(2)67-40-47(62-37-44-17-5-8-20-51(44)54-23-11-14-26-57(54)62)27-31-58(67)59-32-30-48(41-68(59)70)69-65-33-28-45(60-35-42-15-3-6-18-49(42)52-21-9-12-24-55(52)60)38-63(65)64-39-46(29-34-66(64)69)61-36-43-16-4-7-19-50(43)53-22-10-13-25-56(53)61;1-2/h3-41H,1-2H3;1-2H3. The minimum absolute atomic E-state index is 1.20. The van der Waals surface area contributed by atoms with Crippen molar-refractivity contribution < 1.29 is 0 Å². The van der Waals surface area contributed by atoms with Crippen LogP contribution in [0, 0.1) is 0 Å². The predicted octanol–water partition coefficient (Wildman–Crippen LogP) is 20.2. The van der Waals surface area contributed by atoms with Gasteiger partial charge in [-0.15, -0.1) is 0 Å². The molecule has 0 N–H and O–H groups in total. The molecule has 2 heteroatoms. The molecule has 15 rings (SSSR count). The summed E-state index contributed by atoms with van der Waals surface area (Å²) < 4.78 is 2.53. The average molecular weight is 938 g/mol. The van der Waals surface area contributed by atoms with Crippen LogP contribution in [0.4, 0.5) is 0 Å². The van der Waals surface area contributed by atoms with Gasteiger partial charge in [-0.3, -0.25) is 0 Å². The van der Waals surface area contributed by atoms with Crippen LogP contribution in [-0.4, -0.2) is 17.1 Å². The third-order valence-electron chi connectivity index (χ3n) is 15.6. The Morgan fingerprint density at radius 2 is 0.597 bits per heavy atom. The fraction of sp³-hybridized carbons (Fsp3) is 0.0571. The maximum atomic E-state index is 2.53. The summed E-state index contributed by atoms with van der Waals surface area (Å²) >= 11 is 0. The molecule has 0 bridgehead atoms. The Hall–Kier alpha value is -8.43. The third-order valence-corrected chi connectivity index (χ3v) is 18.5. The highest BCUT2D eigenvalue weighted by molar-refractivity contribution is 8.33. The molecule has 0 radical (unpaired) electrons. The lowest BCUT2D eigenvalue weighted by atomic mass is 9.92. The zero-order chi connectivity index (χ0) is 48.2. The van der Waals surface area contributed by atoms with Gasteiger partial charge in [-0.25, -0.2) is 0 Å². The fourth-order valence-corrected chi connectivity index (χ4v) is 14.8. The number of nitrogens with zero attached hydrogens (tertiary/aromatic N) is 1. The molecular weight excluding hydrogens is 887 g/mol. The molecule has 0 saturated carbocycles. The SMILES string of the molecule is CC.CS1(C)c2cc(-c3cc4ccccc4c4ccccc34)ccc2-c2ccc(-n3c4ccc(-c5cc6ccccc6c6ccccc56)cc4c4cc(-c5cc6ccccc6c6ccccc56)ccc43)cc21. The van der Waals surface area contributed by atoms with Crippen LogP contribution in [0.1, 0.15) is 13.8 Å². The van der Waals surface area contributed by atoms with Crippen molar-refractivity contribution in [1.82, 2.24) is 4.57 Å². The van der Waals surface area contributed by atoms with E-state index in [2.05, 4.69) is 254 Å². The van der Waals surface area contributed by atoms with Crippen molar-refractivity contribution in [3.63, 3.8) is 0 Å². The van der Waals surface area contributed by atoms with E-state index in [0.29, 0.717) is 0 Å². The van der Waals surface area contributed by atoms with Gasteiger partial charge in [-0.05, 0) is 182 Å². The fourth-order valence-electron chi connectivity index (χ4n) is 12.3. The van der Waals surface area contributed by atoms with Crippen LogP contribution in [0.25, 0.3) is 137 Å². The largest absolute Gasteiger partial charge is 0.309 e. The first-order valence-electron chi connectivity index (χ1n) is 25.3. The summed E-state index contributed by atoms with van der Waals surface area (Å²) in [4.78, 5) is 2.89. The van der Waals surface area contributed by atoms with Gasteiger partial charge in [0.25, 0.3) is 0 Å². The number of rotatable bonds is 4. The summed E-state index contributed by atoms with van der Waals surface area (Å²) in [6, 6.07) is 89.2. The summed E-state index contributed by atoms with van der Waals surface area (Å²) in [5.74, 6) is 0. The van der Waals surface area contributed by atoms with Crippen molar-refractivity contribution in [2.75, 3.05) is 12.5 Å². The first-order valence-corrected chi connectivity index (χ1v) is 27.7. The van der Waals surface area contributed by atoms with Gasteiger partial charge >= 0.3 is 0 Å². The zero-order valence-corrected chi connectivity index (χ0v) is 41.7. The molecule has 13 aromatic carbocycles. The van der Waals surface area contributed by atoms with Gasteiger partial charge in [0.15, 0.2) is 0 Å². The molecule has 1 aromatic heterocycles. The highest BCUT2D eigenvalue weighted by atomic mass is 32.3. The summed E-state index contributed by atoms with van der Waals surface area (Å²) in [5, 5.41) is 17.9. The first kappa shape index (κ1) is 42.4. The Kier molecular flexibility index (Phi) is 9.62. The lowest BCUT2D eigenvalue weighted by molar-refractivity contribution is 1.16. The normalized spacial score (nSPS) is 13.3. The van der Waals surface area contributed by atoms with Crippen LogP contribution >= 0.6 is 10.0 Å². The van der Waals surface area contributed by atoms with Crippen molar-refractivity contribution in [2.24, 2.45) is 0 Å². The summed E-state index contributed by atoms with van der Waals surface area (Å²) in [7, 11) is -1.39. The van der Waals surface area contributed by atoms with Crippen LogP contribution < -0.4 is 0 Å². The topological polar surface area (TPSA) is 4.93 Å². The second-order valence-electron chi connectivity index (χ2n) is 19.6. The number of fused-ring (bicyclic) bond motifs is 15. The van der Waals surface area contributed by atoms with Gasteiger partial charge in [-0.2, -0.15) is 10.0 Å². The van der Waals surface area contributed by atoms with Crippen LogP contribution in [0.2, 0.25) is 0 Å². The molecule has 1 aliphatic rings. The van der Waals surface area contributed by atoms with E-state index in [1.807, 2.05) is 13.8 Å². The molecule has 14 aromatic rings. The molecule has 0 unspecified atom stereocenters. The number of benzene rings is 13. The van der Waals surface area contributed by atoms with E-state index < -0.39 is 10.0 Å². The zero-order valence-electron chi connectivity index (χ0n) is 40.9. The monoisotopic (exact) mass is 937 g/mol. The molecule has 0 amide bonds. The minimum Gasteiger partial charge on any atom is -0.309 e. The molecule has 0 spiro atoms. The molecule has 342 valence electrons. The Labute approximate surface area is 421 Å². The molecule has 0 fully saturated rings. The quantitative estimate of drug-likeness (QED) is 0.155. The Bertz CT molecular complexity index is 4390. The molecular formula is C70H51NS. The van der Waals surface area contributed by atoms with Crippen LogP contribution in [0.15, 0.2) is 246 Å². The predicted molar refractivity (Wildman–Crippen MR) is 315 cm³/mol. The summed E-state index contributed by atoms with van der Waals surface area (Å²) in [6.07, 6.45) is 4.99. The third kappa shape index (κ3) is 6.29. The van der Waals surface area contributed by atoms with Crippen molar-refractivity contribution >= 4 is 96.5 Å². The van der Waals surface area contributed by atoms with Crippen LogP contribution in [-0.2, 0) is 0 Å². The average Bonchev–Trinajstić information content (AvgIpc) is 3.89. The number of hydrogen-bond donors (Lipinski definition) is 0. The molecule has 2 heterocycles. The number of hydrogen-bond acceptors (Lipinski definition) is 0. The van der Waals surface area contributed by atoms with Gasteiger partial charge in [0.1, 0.15) is 0 Å². The van der Waals surface area contributed by atoms with Crippen LogP contribution in [0.5, 0.6) is 0 Å². The van der Waals surface area contributed by atoms with Crippen LogP contribution in [0.3, 0.4) is 0 Å². The maximum Gasteiger partial charge on any atom is 0.0541 e. The van der Waals surface area contributed by atoms with E-state index >= 15 is 0 Å². The van der Waals surface area contributed by atoms with E-state index in [0.717, 1.165) is 0 Å². The van der Waals surface area contributed by atoms with E-state index in [1.54, 1.807) is 0 Å². The second kappa shape index (κ2) is 16.3. The molecule has 0 aliphatic carbocycles. The minimum atomic E-state index is -1.39. The Morgan fingerprint density at radius 1 is 0.264 bits per heavy atom. The summed E-state index contributed by atoms with van der Waals surface area (Å²) in [6.45, 7) is 4.00. The van der Waals surface area contributed by atoms with Gasteiger partial charge in [0.2, 0.25) is 0 Å². The molecule has 1 nitrogen and oxygen atoms in total. The number of aromatic nitrogens is 1. The van der Waals surface area contributed by atoms with Crippen molar-refractivity contribution in [3.8, 4) is 50.2 Å². The molecule has 1 aliphatic heterocycles. The Balaban J connectivity index is 0.00000238. The van der Waals surface area contributed by atoms with E-state index in [9.17, 15) is 0 Å². The lowest BCUT2D eigenvalue weighted by Crippen LogP contribution is -1.98. The Morgan fingerprint density at radius 3 is 1.03 bits per heavy atom. The summed E-state index contributed by atoms with van der Waals surface area (Å²) in [5.41, 5.74) is 13.8. The highest BCUT2D eigenvalue weighted by Crippen LogP contribution is 2.68. The van der Waals surface area contributed by atoms with E-state index in [-0.39, 0.29) is 0 Å². The van der Waals surface area contributed by atoms with Crippen molar-refractivity contribution in [2.45, 2.75) is 23.6 Å². The molecule has 0 atom stereocenters. The van der Waals surface area contributed by atoms with Crippen molar-refractivity contribution in [1.29, 1.82) is 0 Å². The first-order chi connectivity index (χ1) is 35.5. The smallest absolute Gasteiger partial charge is 0.0541 e. The van der Waals surface area contributed by atoms with Gasteiger partial charge in [0.05, 0.1) is 11.0 Å².